The van der Waals surface area contributed by atoms with Crippen LogP contribution in [0.25, 0.3) is 0 Å². The zero-order valence-corrected chi connectivity index (χ0v) is 22.2. The Labute approximate surface area is 194 Å². The number of benzene rings is 2. The molecular formula is C28H39O3P. The summed E-state index contributed by atoms with van der Waals surface area (Å²) in [5.74, 6) is -0.0398. The molecule has 0 aromatic heterocycles. The highest BCUT2D eigenvalue weighted by molar-refractivity contribution is 7.95. The maximum Gasteiger partial charge on any atom is 0.229 e. The Morgan fingerprint density at radius 3 is 1.69 bits per heavy atom. The van der Waals surface area contributed by atoms with Crippen LogP contribution in [-0.4, -0.2) is 17.2 Å². The van der Waals surface area contributed by atoms with Gasteiger partial charge in [0.15, 0.2) is 0 Å². The third-order valence-corrected chi connectivity index (χ3v) is 9.11. The normalized spacial score (nSPS) is 13.8. The van der Waals surface area contributed by atoms with Crippen LogP contribution in [0.1, 0.15) is 97.0 Å². The van der Waals surface area contributed by atoms with Crippen LogP contribution in [0.5, 0.6) is 0 Å². The molecular weight excluding hydrogens is 415 g/mol. The van der Waals surface area contributed by atoms with Crippen LogP contribution in [0.4, 0.5) is 0 Å². The maximum absolute atomic E-state index is 14.4. The minimum Gasteiger partial charge on any atom is -0.307 e. The predicted molar refractivity (Wildman–Crippen MR) is 136 cm³/mol. The van der Waals surface area contributed by atoms with E-state index in [9.17, 15) is 14.2 Å². The zero-order valence-electron chi connectivity index (χ0n) is 21.3. The molecule has 0 aliphatic carbocycles. The van der Waals surface area contributed by atoms with E-state index in [-0.39, 0.29) is 17.5 Å². The molecule has 1 unspecified atom stereocenters. The van der Waals surface area contributed by atoms with Crippen LogP contribution < -0.4 is 0 Å². The number of hydrogen-bond donors (Lipinski definition) is 0. The molecule has 2 rings (SSSR count). The Morgan fingerprint density at radius 2 is 1.31 bits per heavy atom. The van der Waals surface area contributed by atoms with E-state index >= 15 is 0 Å². The highest BCUT2D eigenvalue weighted by Crippen LogP contribution is 2.55. The van der Waals surface area contributed by atoms with Crippen molar-refractivity contribution >= 4 is 18.2 Å². The van der Waals surface area contributed by atoms with Crippen molar-refractivity contribution in [3.05, 3.63) is 69.3 Å². The number of carbonyl (C=O) groups excluding carboxylic acids is 2. The van der Waals surface area contributed by atoms with Gasteiger partial charge in [-0.25, -0.2) is 0 Å². The van der Waals surface area contributed by atoms with Crippen LogP contribution in [0.2, 0.25) is 0 Å². The average Bonchev–Trinajstić information content (AvgIpc) is 2.70. The molecule has 0 spiro atoms. The van der Waals surface area contributed by atoms with Gasteiger partial charge in [0.25, 0.3) is 0 Å². The molecule has 3 nitrogen and oxygen atoms in total. The van der Waals surface area contributed by atoms with Crippen LogP contribution in [-0.2, 0) is 22.8 Å². The molecule has 0 bridgehead atoms. The fourth-order valence-corrected chi connectivity index (χ4v) is 7.29. The molecule has 2 aromatic rings. The van der Waals surface area contributed by atoms with Gasteiger partial charge in [0.05, 0.1) is 0 Å². The molecule has 4 heteroatoms. The summed E-state index contributed by atoms with van der Waals surface area (Å²) in [5.41, 5.74) is 4.35. The Balaban J connectivity index is 2.74. The van der Waals surface area contributed by atoms with E-state index in [0.29, 0.717) is 24.0 Å². The molecule has 0 aliphatic heterocycles. The minimum atomic E-state index is -3.87. The van der Waals surface area contributed by atoms with E-state index in [0.717, 1.165) is 27.8 Å². The van der Waals surface area contributed by atoms with Crippen LogP contribution in [0, 0.1) is 19.8 Å². The van der Waals surface area contributed by atoms with Gasteiger partial charge in [-0.3, -0.25) is 9.59 Å². The Kier molecular flexibility index (Phi) is 8.10. The van der Waals surface area contributed by atoms with Crippen molar-refractivity contribution in [3.8, 4) is 0 Å². The quantitative estimate of drug-likeness (QED) is 0.384. The fraction of sp³-hybridized carbons (Fsp3) is 0.500. The van der Waals surface area contributed by atoms with Crippen LogP contribution in [0.3, 0.4) is 0 Å². The summed E-state index contributed by atoms with van der Waals surface area (Å²) in [7, 11) is -3.87. The average molecular weight is 455 g/mol. The van der Waals surface area contributed by atoms with E-state index in [1.165, 1.54) is 0 Å². The van der Waals surface area contributed by atoms with E-state index in [1.54, 1.807) is 0 Å². The van der Waals surface area contributed by atoms with Crippen molar-refractivity contribution in [1.82, 2.24) is 0 Å². The van der Waals surface area contributed by atoms with Gasteiger partial charge >= 0.3 is 0 Å². The van der Waals surface area contributed by atoms with Gasteiger partial charge in [-0.15, -0.1) is 0 Å². The van der Waals surface area contributed by atoms with Gasteiger partial charge < -0.3 is 4.57 Å². The molecule has 174 valence electrons. The van der Waals surface area contributed by atoms with Crippen molar-refractivity contribution < 1.29 is 14.2 Å². The molecule has 0 saturated heterocycles. The lowest BCUT2D eigenvalue weighted by Crippen LogP contribution is -2.20. The lowest BCUT2D eigenvalue weighted by Gasteiger charge is -2.25. The monoisotopic (exact) mass is 454 g/mol. The highest BCUT2D eigenvalue weighted by atomic mass is 31.2. The molecule has 0 N–H and O–H groups in total. The molecule has 2 aromatic carbocycles. The van der Waals surface area contributed by atoms with Crippen molar-refractivity contribution in [3.63, 3.8) is 0 Å². The lowest BCUT2D eigenvalue weighted by molar-refractivity contribution is 0.103. The molecule has 0 fully saturated rings. The molecule has 0 radical (unpaired) electrons. The van der Waals surface area contributed by atoms with Gasteiger partial charge in [0, 0.05) is 17.3 Å². The summed E-state index contributed by atoms with van der Waals surface area (Å²) in [6.07, 6.45) is 1.40. The zero-order chi connectivity index (χ0) is 24.4. The lowest BCUT2D eigenvalue weighted by atomic mass is 9.84. The largest absolute Gasteiger partial charge is 0.307 e. The Hall–Kier alpha value is -1.99. The van der Waals surface area contributed by atoms with Crippen LogP contribution in [0.15, 0.2) is 30.3 Å². The van der Waals surface area contributed by atoms with Crippen molar-refractivity contribution in [2.45, 2.75) is 80.6 Å². The van der Waals surface area contributed by atoms with E-state index < -0.39 is 18.2 Å². The number of carbonyl (C=O) groups is 2. The second-order valence-corrected chi connectivity index (χ2v) is 13.0. The molecule has 1 atom stereocenters. The van der Waals surface area contributed by atoms with Crippen LogP contribution >= 0.6 is 7.14 Å². The fourth-order valence-electron chi connectivity index (χ4n) is 4.38. The second-order valence-electron chi connectivity index (χ2n) is 10.3. The molecule has 0 saturated carbocycles. The highest BCUT2D eigenvalue weighted by Gasteiger charge is 2.43. The first-order chi connectivity index (χ1) is 14.8. The van der Waals surface area contributed by atoms with Crippen molar-refractivity contribution in [2.75, 3.05) is 6.16 Å². The van der Waals surface area contributed by atoms with E-state index in [4.69, 9.17) is 0 Å². The second kappa shape index (κ2) is 9.87. The van der Waals surface area contributed by atoms with Gasteiger partial charge in [0.1, 0.15) is 0 Å². The van der Waals surface area contributed by atoms with Gasteiger partial charge in [-0.2, -0.15) is 0 Å². The summed E-state index contributed by atoms with van der Waals surface area (Å²) < 4.78 is 14.4. The number of hydrogen-bond acceptors (Lipinski definition) is 3. The molecule has 32 heavy (non-hydrogen) atoms. The van der Waals surface area contributed by atoms with Crippen molar-refractivity contribution in [1.29, 1.82) is 0 Å². The first-order valence-electron chi connectivity index (χ1n) is 11.7. The first kappa shape index (κ1) is 26.3. The van der Waals surface area contributed by atoms with E-state index in [2.05, 4.69) is 20.8 Å². The SMILES string of the molecule is CCc1cccc(CC)c1C(=O)P(=O)(CC(C)C)C(=O)c1c(C)cc(C(C)(C)C)cc1C. The number of aryl methyl sites for hydroxylation is 4. The standard InChI is InChI=1S/C28H39O3P/c1-10-21-13-12-14-22(11-2)25(21)27(30)32(31,17-18(3)4)26(29)24-19(5)15-23(16-20(24)6)28(7,8)9/h12-16,18H,10-11,17H2,1-9H3. The van der Waals surface area contributed by atoms with Gasteiger partial charge in [0.2, 0.25) is 18.2 Å². The summed E-state index contributed by atoms with van der Waals surface area (Å²) >= 11 is 0. The van der Waals surface area contributed by atoms with Crippen molar-refractivity contribution in [2.24, 2.45) is 5.92 Å². The third kappa shape index (κ3) is 5.15. The molecule has 0 amide bonds. The third-order valence-electron chi connectivity index (χ3n) is 6.10. The summed E-state index contributed by atoms with van der Waals surface area (Å²) in [6.45, 7) is 18.0. The summed E-state index contributed by atoms with van der Waals surface area (Å²) in [5, 5.41) is 0. The molecule has 0 aliphatic rings. The Bertz CT molecular complexity index is 1030. The number of rotatable bonds is 8. The minimum absolute atomic E-state index is 0.0398. The topological polar surface area (TPSA) is 51.2 Å². The first-order valence-corrected chi connectivity index (χ1v) is 13.6. The maximum atomic E-state index is 14.4. The smallest absolute Gasteiger partial charge is 0.229 e. The van der Waals surface area contributed by atoms with E-state index in [1.807, 2.05) is 71.9 Å². The molecule has 0 heterocycles. The van der Waals surface area contributed by atoms with Gasteiger partial charge in [-0.05, 0) is 65.8 Å². The Morgan fingerprint density at radius 1 is 0.875 bits per heavy atom. The van der Waals surface area contributed by atoms with Gasteiger partial charge in [-0.1, -0.05) is 78.8 Å². The predicted octanol–water partition coefficient (Wildman–Crippen LogP) is 7.73. The summed E-state index contributed by atoms with van der Waals surface area (Å²) in [6, 6.07) is 9.75. The summed E-state index contributed by atoms with van der Waals surface area (Å²) in [4.78, 5) is 27.9.